The van der Waals surface area contributed by atoms with E-state index in [1.165, 1.54) is 31.8 Å². The molecule has 1 amide bonds. The summed E-state index contributed by atoms with van der Waals surface area (Å²) >= 11 is 0. The van der Waals surface area contributed by atoms with Crippen LogP contribution in [0.25, 0.3) is 6.08 Å². The number of sulfonamides is 1. The molecule has 2 aromatic rings. The molecule has 138 valence electrons. The van der Waals surface area contributed by atoms with Crippen LogP contribution in [0.4, 0.5) is 5.69 Å². The first kappa shape index (κ1) is 19.9. The molecular formula is C20H24N2O3S. The summed E-state index contributed by atoms with van der Waals surface area (Å²) in [6, 6.07) is 10.8. The summed E-state index contributed by atoms with van der Waals surface area (Å²) in [5.41, 5.74) is 4.28. The minimum Gasteiger partial charge on any atom is -0.322 e. The molecule has 0 saturated carbocycles. The Bertz CT molecular complexity index is 961. The fourth-order valence-electron chi connectivity index (χ4n) is 2.51. The molecule has 0 radical (unpaired) electrons. The topological polar surface area (TPSA) is 66.5 Å². The lowest BCUT2D eigenvalue weighted by Crippen LogP contribution is -2.23. The number of anilines is 1. The standard InChI is InChI=1S/C20H24N2O3S/c1-14-6-8-17(16(3)12-14)9-11-20(23)21-18-10-7-15(2)19(13-18)26(24,25)22(4)5/h6-13H,1-5H3,(H,21,23)/b11-9+. The zero-order valence-corrected chi connectivity index (χ0v) is 16.5. The highest BCUT2D eigenvalue weighted by Crippen LogP contribution is 2.22. The van der Waals surface area contributed by atoms with Crippen LogP contribution >= 0.6 is 0 Å². The molecule has 0 aliphatic heterocycles. The summed E-state index contributed by atoms with van der Waals surface area (Å²) in [5, 5.41) is 2.71. The molecule has 0 spiro atoms. The molecule has 6 heteroatoms. The van der Waals surface area contributed by atoms with Gasteiger partial charge >= 0.3 is 0 Å². The van der Waals surface area contributed by atoms with Crippen molar-refractivity contribution in [2.45, 2.75) is 25.7 Å². The van der Waals surface area contributed by atoms with Gasteiger partial charge in [0.25, 0.3) is 0 Å². The Balaban J connectivity index is 2.21. The highest BCUT2D eigenvalue weighted by Gasteiger charge is 2.20. The number of carbonyl (C=O) groups is 1. The molecular weight excluding hydrogens is 348 g/mol. The molecule has 0 aliphatic rings. The van der Waals surface area contributed by atoms with Crippen LogP contribution in [-0.4, -0.2) is 32.7 Å². The summed E-state index contributed by atoms with van der Waals surface area (Å²) < 4.78 is 25.9. The lowest BCUT2D eigenvalue weighted by atomic mass is 10.1. The molecule has 0 aromatic heterocycles. The first-order valence-electron chi connectivity index (χ1n) is 8.21. The van der Waals surface area contributed by atoms with E-state index in [2.05, 4.69) is 11.4 Å². The maximum absolute atomic E-state index is 12.4. The van der Waals surface area contributed by atoms with Crippen molar-refractivity contribution in [2.75, 3.05) is 19.4 Å². The molecule has 1 N–H and O–H groups in total. The third-order valence-corrected chi connectivity index (χ3v) is 6.01. The zero-order chi connectivity index (χ0) is 19.5. The minimum atomic E-state index is -3.57. The molecule has 2 aromatic carbocycles. The van der Waals surface area contributed by atoms with Gasteiger partial charge in [0.2, 0.25) is 15.9 Å². The average Bonchev–Trinajstić information content (AvgIpc) is 2.55. The third-order valence-electron chi connectivity index (χ3n) is 4.05. The van der Waals surface area contributed by atoms with Crippen LogP contribution in [0.15, 0.2) is 47.4 Å². The van der Waals surface area contributed by atoms with Gasteiger partial charge in [-0.25, -0.2) is 12.7 Å². The van der Waals surface area contributed by atoms with Crippen LogP contribution in [-0.2, 0) is 14.8 Å². The highest BCUT2D eigenvalue weighted by molar-refractivity contribution is 7.89. The summed E-state index contributed by atoms with van der Waals surface area (Å²) in [6.45, 7) is 5.73. The monoisotopic (exact) mass is 372 g/mol. The van der Waals surface area contributed by atoms with Gasteiger partial charge in [0, 0.05) is 25.9 Å². The summed E-state index contributed by atoms with van der Waals surface area (Å²) in [7, 11) is -0.609. The first-order chi connectivity index (χ1) is 12.1. The quantitative estimate of drug-likeness (QED) is 0.817. The number of benzene rings is 2. The van der Waals surface area contributed by atoms with Crippen molar-refractivity contribution in [3.63, 3.8) is 0 Å². The smallest absolute Gasteiger partial charge is 0.248 e. The number of aryl methyl sites for hydroxylation is 3. The fourth-order valence-corrected chi connectivity index (χ4v) is 3.66. The van der Waals surface area contributed by atoms with Gasteiger partial charge in [0.05, 0.1) is 4.90 Å². The second-order valence-corrected chi connectivity index (χ2v) is 8.57. The van der Waals surface area contributed by atoms with Crippen molar-refractivity contribution in [3.8, 4) is 0 Å². The average molecular weight is 372 g/mol. The van der Waals surface area contributed by atoms with E-state index in [0.717, 1.165) is 15.4 Å². The van der Waals surface area contributed by atoms with Gasteiger partial charge < -0.3 is 5.32 Å². The number of rotatable bonds is 5. The van der Waals surface area contributed by atoms with Crippen LogP contribution in [0.3, 0.4) is 0 Å². The van der Waals surface area contributed by atoms with Crippen molar-refractivity contribution >= 4 is 27.7 Å². The normalized spacial score (nSPS) is 11.9. The van der Waals surface area contributed by atoms with Crippen molar-refractivity contribution in [1.82, 2.24) is 4.31 Å². The summed E-state index contributed by atoms with van der Waals surface area (Å²) in [4.78, 5) is 12.4. The van der Waals surface area contributed by atoms with Crippen LogP contribution in [0.5, 0.6) is 0 Å². The van der Waals surface area contributed by atoms with Gasteiger partial charge in [-0.15, -0.1) is 0 Å². The SMILES string of the molecule is Cc1ccc(/C=C/C(=O)Nc2ccc(C)c(S(=O)(=O)N(C)C)c2)c(C)c1. The molecule has 0 fully saturated rings. The maximum Gasteiger partial charge on any atom is 0.248 e. The largest absolute Gasteiger partial charge is 0.322 e. The molecule has 0 unspecified atom stereocenters. The molecule has 0 atom stereocenters. The lowest BCUT2D eigenvalue weighted by Gasteiger charge is -2.14. The van der Waals surface area contributed by atoms with Crippen LogP contribution in [0, 0.1) is 20.8 Å². The van der Waals surface area contributed by atoms with Crippen LogP contribution in [0.1, 0.15) is 22.3 Å². The number of hydrogen-bond acceptors (Lipinski definition) is 3. The second kappa shape index (κ2) is 7.85. The molecule has 0 bridgehead atoms. The van der Waals surface area contributed by atoms with Gasteiger partial charge in [-0.2, -0.15) is 0 Å². The van der Waals surface area contributed by atoms with Crippen molar-refractivity contribution in [3.05, 3.63) is 64.7 Å². The van der Waals surface area contributed by atoms with E-state index in [1.54, 1.807) is 25.1 Å². The van der Waals surface area contributed by atoms with Gasteiger partial charge in [-0.3, -0.25) is 4.79 Å². The Morgan fingerprint density at radius 3 is 2.31 bits per heavy atom. The van der Waals surface area contributed by atoms with E-state index in [0.29, 0.717) is 11.3 Å². The molecule has 5 nitrogen and oxygen atoms in total. The molecule has 2 rings (SSSR count). The van der Waals surface area contributed by atoms with Crippen molar-refractivity contribution in [2.24, 2.45) is 0 Å². The lowest BCUT2D eigenvalue weighted by molar-refractivity contribution is -0.111. The van der Waals surface area contributed by atoms with Gasteiger partial charge in [0.15, 0.2) is 0 Å². The third kappa shape index (κ3) is 4.59. The predicted octanol–water partition coefficient (Wildman–Crippen LogP) is 3.51. The second-order valence-electron chi connectivity index (χ2n) is 6.45. The Morgan fingerprint density at radius 2 is 1.69 bits per heavy atom. The van der Waals surface area contributed by atoms with Crippen molar-refractivity contribution in [1.29, 1.82) is 0 Å². The van der Waals surface area contributed by atoms with Crippen molar-refractivity contribution < 1.29 is 13.2 Å². The van der Waals surface area contributed by atoms with Crippen LogP contribution in [0.2, 0.25) is 0 Å². The summed E-state index contributed by atoms with van der Waals surface area (Å²) in [5.74, 6) is -0.318. The number of nitrogens with zero attached hydrogens (tertiary/aromatic N) is 1. The Kier molecular flexibility index (Phi) is 6.00. The molecule has 0 saturated heterocycles. The van der Waals surface area contributed by atoms with Gasteiger partial charge in [0.1, 0.15) is 0 Å². The minimum absolute atomic E-state index is 0.179. The van der Waals surface area contributed by atoms with E-state index in [-0.39, 0.29) is 10.8 Å². The van der Waals surface area contributed by atoms with Gasteiger partial charge in [-0.1, -0.05) is 29.8 Å². The molecule has 26 heavy (non-hydrogen) atoms. The summed E-state index contributed by atoms with van der Waals surface area (Å²) in [6.07, 6.45) is 3.19. The van der Waals surface area contributed by atoms with Gasteiger partial charge in [-0.05, 0) is 55.7 Å². The van der Waals surface area contributed by atoms with E-state index < -0.39 is 10.0 Å². The molecule has 0 aliphatic carbocycles. The highest BCUT2D eigenvalue weighted by atomic mass is 32.2. The number of amides is 1. The first-order valence-corrected chi connectivity index (χ1v) is 9.65. The Hall–Kier alpha value is -2.44. The number of nitrogens with one attached hydrogen (secondary N) is 1. The molecule has 0 heterocycles. The van der Waals surface area contributed by atoms with E-state index in [9.17, 15) is 13.2 Å². The maximum atomic E-state index is 12.4. The zero-order valence-electron chi connectivity index (χ0n) is 15.7. The van der Waals surface area contributed by atoms with Crippen LogP contribution < -0.4 is 5.32 Å². The number of hydrogen-bond donors (Lipinski definition) is 1. The van der Waals surface area contributed by atoms with E-state index >= 15 is 0 Å². The number of carbonyl (C=O) groups excluding carboxylic acids is 1. The predicted molar refractivity (Wildman–Crippen MR) is 106 cm³/mol. The van der Waals surface area contributed by atoms with E-state index in [1.807, 2.05) is 26.0 Å². The van der Waals surface area contributed by atoms with E-state index in [4.69, 9.17) is 0 Å². The fraction of sp³-hybridized carbons (Fsp3) is 0.250. The Morgan fingerprint density at radius 1 is 1.00 bits per heavy atom. The Labute approximate surface area is 155 Å².